The number of carbonyl (C=O) groups excluding carboxylic acids is 1. The molecule has 6 nitrogen and oxygen atoms in total. The fraction of sp³-hybridized carbons (Fsp3) is 0.444. The summed E-state index contributed by atoms with van der Waals surface area (Å²) < 4.78 is 31.0. The lowest BCUT2D eigenvalue weighted by Crippen LogP contribution is -2.11. The Bertz CT molecular complexity index is 962. The standard InChI is InChI=1S/C18H23ClN2O4S/c1-10(2)9-21-18(25-5)14(8-20-21)16(22)13-7-11(3)17(26(6,23)24)12(4)15(13)19/h7-8,10H,9H2,1-6H3. The van der Waals surface area contributed by atoms with Gasteiger partial charge in [0.25, 0.3) is 0 Å². The van der Waals surface area contributed by atoms with Crippen LogP contribution in [-0.2, 0) is 16.4 Å². The number of halogens is 1. The third-order valence-electron chi connectivity index (χ3n) is 4.01. The van der Waals surface area contributed by atoms with Crippen molar-refractivity contribution in [3.05, 3.63) is 39.5 Å². The number of sulfone groups is 1. The van der Waals surface area contributed by atoms with E-state index in [9.17, 15) is 13.2 Å². The second-order valence-electron chi connectivity index (χ2n) is 6.75. The smallest absolute Gasteiger partial charge is 0.223 e. The van der Waals surface area contributed by atoms with Gasteiger partial charge in [-0.25, -0.2) is 13.1 Å². The number of aryl methyl sites for hydroxylation is 1. The Morgan fingerprint density at radius 2 is 1.92 bits per heavy atom. The monoisotopic (exact) mass is 398 g/mol. The van der Waals surface area contributed by atoms with Gasteiger partial charge in [0.05, 0.1) is 23.2 Å². The molecule has 0 fully saturated rings. The Hall–Kier alpha value is -1.86. The summed E-state index contributed by atoms with van der Waals surface area (Å²) in [7, 11) is -1.97. The van der Waals surface area contributed by atoms with E-state index in [1.165, 1.54) is 19.4 Å². The highest BCUT2D eigenvalue weighted by molar-refractivity contribution is 7.90. The fourth-order valence-corrected chi connectivity index (χ4v) is 4.64. The number of hydrogen-bond acceptors (Lipinski definition) is 5. The molecule has 0 unspecified atom stereocenters. The van der Waals surface area contributed by atoms with E-state index in [2.05, 4.69) is 5.10 Å². The summed E-state index contributed by atoms with van der Waals surface area (Å²) in [5, 5.41) is 4.36. The van der Waals surface area contributed by atoms with E-state index in [1.807, 2.05) is 13.8 Å². The molecule has 0 atom stereocenters. The summed E-state index contributed by atoms with van der Waals surface area (Å²) >= 11 is 6.35. The Morgan fingerprint density at radius 3 is 2.42 bits per heavy atom. The number of nitrogens with zero attached hydrogens (tertiary/aromatic N) is 2. The van der Waals surface area contributed by atoms with Crippen molar-refractivity contribution in [3.63, 3.8) is 0 Å². The van der Waals surface area contributed by atoms with Crippen LogP contribution in [0.3, 0.4) is 0 Å². The number of rotatable bonds is 6. The molecular weight excluding hydrogens is 376 g/mol. The zero-order valence-electron chi connectivity index (χ0n) is 15.8. The SMILES string of the molecule is COc1c(C(=O)c2cc(C)c(S(C)(=O)=O)c(C)c2Cl)cnn1CC(C)C. The summed E-state index contributed by atoms with van der Waals surface area (Å²) in [5.74, 6) is 0.337. The van der Waals surface area contributed by atoms with Gasteiger partial charge in [-0.3, -0.25) is 4.79 Å². The Morgan fingerprint density at radius 1 is 1.31 bits per heavy atom. The van der Waals surface area contributed by atoms with Crippen molar-refractivity contribution in [3.8, 4) is 5.88 Å². The normalized spacial score (nSPS) is 11.8. The molecule has 2 rings (SSSR count). The predicted octanol–water partition coefficient (Wildman–Crippen LogP) is 3.45. The molecule has 1 heterocycles. The number of aromatic nitrogens is 2. The minimum absolute atomic E-state index is 0.125. The van der Waals surface area contributed by atoms with Crippen molar-refractivity contribution in [2.24, 2.45) is 5.92 Å². The van der Waals surface area contributed by atoms with Crippen LogP contribution in [0.2, 0.25) is 5.02 Å². The van der Waals surface area contributed by atoms with Crippen molar-refractivity contribution in [2.75, 3.05) is 13.4 Å². The van der Waals surface area contributed by atoms with Crippen LogP contribution in [-0.4, -0.2) is 37.3 Å². The molecule has 0 radical (unpaired) electrons. The third kappa shape index (κ3) is 3.78. The van der Waals surface area contributed by atoms with E-state index < -0.39 is 9.84 Å². The zero-order chi connectivity index (χ0) is 19.8. The molecule has 0 N–H and O–H groups in total. The van der Waals surface area contributed by atoms with Crippen LogP contribution in [0.4, 0.5) is 0 Å². The Labute approximate surface area is 159 Å². The highest BCUT2D eigenvalue weighted by atomic mass is 35.5. The molecule has 1 aromatic carbocycles. The van der Waals surface area contributed by atoms with Gasteiger partial charge in [-0.1, -0.05) is 25.4 Å². The summed E-state index contributed by atoms with van der Waals surface area (Å²) in [4.78, 5) is 13.2. The van der Waals surface area contributed by atoms with Gasteiger partial charge in [0.15, 0.2) is 9.84 Å². The van der Waals surface area contributed by atoms with Crippen LogP contribution in [0.1, 0.15) is 40.9 Å². The quantitative estimate of drug-likeness (QED) is 0.696. The molecular formula is C18H23ClN2O4S. The molecule has 142 valence electrons. The summed E-state index contributed by atoms with van der Waals surface area (Å²) in [6, 6.07) is 1.51. The summed E-state index contributed by atoms with van der Waals surface area (Å²) in [5.41, 5.74) is 1.37. The molecule has 0 aliphatic carbocycles. The lowest BCUT2D eigenvalue weighted by atomic mass is 10.0. The maximum Gasteiger partial charge on any atom is 0.223 e. The topological polar surface area (TPSA) is 78.3 Å². The Kier molecular flexibility index (Phi) is 5.82. The van der Waals surface area contributed by atoms with Crippen LogP contribution in [0.5, 0.6) is 5.88 Å². The first kappa shape index (κ1) is 20.5. The average molecular weight is 399 g/mol. The second-order valence-corrected chi connectivity index (χ2v) is 9.08. The van der Waals surface area contributed by atoms with Crippen molar-refractivity contribution in [2.45, 2.75) is 39.1 Å². The highest BCUT2D eigenvalue weighted by Gasteiger charge is 2.26. The number of carbonyl (C=O) groups is 1. The lowest BCUT2D eigenvalue weighted by Gasteiger charge is -2.14. The maximum absolute atomic E-state index is 13.0. The van der Waals surface area contributed by atoms with E-state index in [-0.39, 0.29) is 21.3 Å². The predicted molar refractivity (Wildman–Crippen MR) is 101 cm³/mol. The van der Waals surface area contributed by atoms with Gasteiger partial charge in [0, 0.05) is 18.4 Å². The average Bonchev–Trinajstić information content (AvgIpc) is 2.90. The first-order valence-electron chi connectivity index (χ1n) is 8.13. The van der Waals surface area contributed by atoms with Gasteiger partial charge in [-0.05, 0) is 37.0 Å². The minimum atomic E-state index is -3.45. The van der Waals surface area contributed by atoms with E-state index in [0.717, 1.165) is 6.26 Å². The maximum atomic E-state index is 13.0. The van der Waals surface area contributed by atoms with Gasteiger partial charge < -0.3 is 4.74 Å². The molecule has 0 saturated carbocycles. The third-order valence-corrected chi connectivity index (χ3v) is 5.86. The summed E-state index contributed by atoms with van der Waals surface area (Å²) in [6.45, 7) is 7.93. The van der Waals surface area contributed by atoms with Crippen molar-refractivity contribution >= 4 is 27.2 Å². The molecule has 0 saturated heterocycles. The molecule has 26 heavy (non-hydrogen) atoms. The van der Waals surface area contributed by atoms with Crippen molar-refractivity contribution in [1.82, 2.24) is 9.78 Å². The molecule has 0 spiro atoms. The van der Waals surface area contributed by atoms with Crippen LogP contribution in [0, 0.1) is 19.8 Å². The van der Waals surface area contributed by atoms with E-state index in [4.69, 9.17) is 16.3 Å². The van der Waals surface area contributed by atoms with Crippen LogP contribution in [0.25, 0.3) is 0 Å². The van der Waals surface area contributed by atoms with Gasteiger partial charge in [0.1, 0.15) is 5.56 Å². The number of ether oxygens (including phenoxy) is 1. The second kappa shape index (κ2) is 7.40. The van der Waals surface area contributed by atoms with Gasteiger partial charge >= 0.3 is 0 Å². The molecule has 0 amide bonds. The first-order chi connectivity index (χ1) is 12.0. The molecule has 1 aromatic heterocycles. The molecule has 0 aliphatic rings. The van der Waals surface area contributed by atoms with E-state index in [0.29, 0.717) is 35.0 Å². The van der Waals surface area contributed by atoms with E-state index >= 15 is 0 Å². The Balaban J connectivity index is 2.60. The molecule has 0 aliphatic heterocycles. The van der Waals surface area contributed by atoms with Crippen LogP contribution in [0.15, 0.2) is 17.2 Å². The van der Waals surface area contributed by atoms with Gasteiger partial charge in [-0.2, -0.15) is 5.10 Å². The molecule has 0 bridgehead atoms. The summed E-state index contributed by atoms with van der Waals surface area (Å²) in [6.07, 6.45) is 2.58. The lowest BCUT2D eigenvalue weighted by molar-refractivity contribution is 0.103. The molecule has 8 heteroatoms. The highest BCUT2D eigenvalue weighted by Crippen LogP contribution is 2.33. The number of ketones is 1. The minimum Gasteiger partial charge on any atom is -0.481 e. The number of benzene rings is 1. The van der Waals surface area contributed by atoms with Crippen LogP contribution >= 0.6 is 11.6 Å². The fourth-order valence-electron chi connectivity index (χ4n) is 3.04. The van der Waals surface area contributed by atoms with E-state index in [1.54, 1.807) is 18.5 Å². The van der Waals surface area contributed by atoms with Crippen molar-refractivity contribution in [1.29, 1.82) is 0 Å². The first-order valence-corrected chi connectivity index (χ1v) is 10.4. The largest absolute Gasteiger partial charge is 0.481 e. The number of hydrogen-bond donors (Lipinski definition) is 0. The van der Waals surface area contributed by atoms with Crippen molar-refractivity contribution < 1.29 is 17.9 Å². The van der Waals surface area contributed by atoms with Gasteiger partial charge in [-0.15, -0.1) is 0 Å². The van der Waals surface area contributed by atoms with Crippen LogP contribution < -0.4 is 4.74 Å². The zero-order valence-corrected chi connectivity index (χ0v) is 17.3. The van der Waals surface area contributed by atoms with Gasteiger partial charge in [0.2, 0.25) is 11.7 Å². The number of methoxy groups -OCH3 is 1. The molecule has 2 aromatic rings.